The van der Waals surface area contributed by atoms with Crippen LogP contribution in [0.5, 0.6) is 0 Å². The molecule has 1 N–H and O–H groups in total. The molecule has 0 aromatic heterocycles. The molecule has 0 saturated carbocycles. The molecule has 0 radical (unpaired) electrons. The molecule has 15 heavy (non-hydrogen) atoms. The lowest BCUT2D eigenvalue weighted by molar-refractivity contribution is -0.0634. The van der Waals surface area contributed by atoms with Crippen LogP contribution in [0.3, 0.4) is 0 Å². The number of hydrogen-bond acceptors (Lipinski definition) is 2. The van der Waals surface area contributed by atoms with Gasteiger partial charge in [-0.2, -0.15) is 0 Å². The molecule has 0 bridgehead atoms. The number of ether oxygens (including phenoxy) is 1. The van der Waals surface area contributed by atoms with Gasteiger partial charge in [0.15, 0.2) is 0 Å². The van der Waals surface area contributed by atoms with Gasteiger partial charge in [-0.15, -0.1) is 0 Å². The fraction of sp³-hybridized carbons (Fsp3) is 0.500. The molecule has 1 aromatic carbocycles. The summed E-state index contributed by atoms with van der Waals surface area (Å²) in [7, 11) is 0. The van der Waals surface area contributed by atoms with Gasteiger partial charge in [0.1, 0.15) is 11.9 Å². The van der Waals surface area contributed by atoms with Crippen molar-refractivity contribution in [3.8, 4) is 0 Å². The van der Waals surface area contributed by atoms with E-state index in [1.165, 1.54) is 12.1 Å². The summed E-state index contributed by atoms with van der Waals surface area (Å²) in [4.78, 5) is 0. The molecule has 0 aliphatic carbocycles. The topological polar surface area (TPSA) is 29.5 Å². The Hall–Kier alpha value is -0.930. The Morgan fingerprint density at radius 3 is 2.93 bits per heavy atom. The van der Waals surface area contributed by atoms with E-state index in [1.807, 2.05) is 0 Å². The summed E-state index contributed by atoms with van der Waals surface area (Å²) in [5, 5.41) is 9.98. The Morgan fingerprint density at radius 2 is 2.27 bits per heavy atom. The van der Waals surface area contributed by atoms with Crippen LogP contribution in [0.1, 0.15) is 30.9 Å². The number of aliphatic hydroxyl groups is 1. The van der Waals surface area contributed by atoms with Crippen molar-refractivity contribution in [1.82, 2.24) is 0 Å². The summed E-state index contributed by atoms with van der Waals surface area (Å²) in [6.07, 6.45) is 2.07. The molecule has 1 saturated heterocycles. The lowest BCUT2D eigenvalue weighted by atomic mass is 9.98. The van der Waals surface area contributed by atoms with Crippen LogP contribution in [0.2, 0.25) is 0 Å². The fourth-order valence-corrected chi connectivity index (χ4v) is 1.92. The van der Waals surface area contributed by atoms with Crippen molar-refractivity contribution in [1.29, 1.82) is 0 Å². The Morgan fingerprint density at radius 1 is 1.40 bits per heavy atom. The number of hydrogen-bond donors (Lipinski definition) is 1. The first-order chi connectivity index (χ1) is 7.27. The van der Waals surface area contributed by atoms with Gasteiger partial charge in [-0.05, 0) is 37.0 Å². The number of aliphatic hydroxyl groups excluding tert-OH is 1. The molecule has 3 heteroatoms. The van der Waals surface area contributed by atoms with Gasteiger partial charge in [-0.3, -0.25) is 0 Å². The second-order valence-electron chi connectivity index (χ2n) is 3.90. The van der Waals surface area contributed by atoms with E-state index < -0.39 is 6.10 Å². The molecule has 0 spiro atoms. The van der Waals surface area contributed by atoms with Crippen LogP contribution in [0.25, 0.3) is 0 Å². The normalized spacial score (nSPS) is 23.7. The lowest BCUT2D eigenvalue weighted by Crippen LogP contribution is -2.26. The predicted molar refractivity (Wildman–Crippen MR) is 55.0 cm³/mol. The van der Waals surface area contributed by atoms with E-state index in [2.05, 4.69) is 0 Å². The largest absolute Gasteiger partial charge is 0.386 e. The molecule has 1 aromatic rings. The van der Waals surface area contributed by atoms with Gasteiger partial charge >= 0.3 is 0 Å². The fourth-order valence-electron chi connectivity index (χ4n) is 1.92. The summed E-state index contributed by atoms with van der Waals surface area (Å²) in [6, 6.07) is 6.07. The number of benzene rings is 1. The minimum Gasteiger partial charge on any atom is -0.386 e. The van der Waals surface area contributed by atoms with E-state index in [0.29, 0.717) is 12.2 Å². The first kappa shape index (κ1) is 10.6. The molecule has 2 atom stereocenters. The third-order valence-electron chi connectivity index (χ3n) is 2.76. The Labute approximate surface area is 88.7 Å². The third kappa shape index (κ3) is 2.55. The highest BCUT2D eigenvalue weighted by molar-refractivity contribution is 5.19. The Bertz CT molecular complexity index is 321. The van der Waals surface area contributed by atoms with Gasteiger partial charge in [0.25, 0.3) is 0 Å². The van der Waals surface area contributed by atoms with Gasteiger partial charge < -0.3 is 9.84 Å². The van der Waals surface area contributed by atoms with Crippen LogP contribution >= 0.6 is 0 Å². The molecule has 0 amide bonds. The lowest BCUT2D eigenvalue weighted by Gasteiger charge is -2.27. The second kappa shape index (κ2) is 4.73. The van der Waals surface area contributed by atoms with Gasteiger partial charge in [0.05, 0.1) is 6.10 Å². The summed E-state index contributed by atoms with van der Waals surface area (Å²) >= 11 is 0. The van der Waals surface area contributed by atoms with Gasteiger partial charge in [-0.25, -0.2) is 4.39 Å². The van der Waals surface area contributed by atoms with Crippen molar-refractivity contribution >= 4 is 0 Å². The van der Waals surface area contributed by atoms with E-state index in [-0.39, 0.29) is 11.9 Å². The second-order valence-corrected chi connectivity index (χ2v) is 3.90. The van der Waals surface area contributed by atoms with E-state index in [1.54, 1.807) is 12.1 Å². The zero-order chi connectivity index (χ0) is 10.7. The zero-order valence-corrected chi connectivity index (χ0v) is 8.53. The Kier molecular flexibility index (Phi) is 3.34. The maximum Gasteiger partial charge on any atom is 0.123 e. The SMILES string of the molecule is OC(c1cccc(F)c1)C1CCCCO1. The molecule has 1 heterocycles. The molecule has 1 aliphatic heterocycles. The maximum atomic E-state index is 12.9. The Balaban J connectivity index is 2.08. The van der Waals surface area contributed by atoms with Crippen molar-refractivity contribution < 1.29 is 14.2 Å². The van der Waals surface area contributed by atoms with Crippen LogP contribution in [0.4, 0.5) is 4.39 Å². The molecule has 2 nitrogen and oxygen atoms in total. The summed E-state index contributed by atoms with van der Waals surface area (Å²) in [5.74, 6) is -0.317. The van der Waals surface area contributed by atoms with Gasteiger partial charge in [0, 0.05) is 6.61 Å². The highest BCUT2D eigenvalue weighted by Gasteiger charge is 2.23. The molecule has 2 rings (SSSR count). The standard InChI is InChI=1S/C12H15FO2/c13-10-5-3-4-9(8-10)12(14)11-6-1-2-7-15-11/h3-5,8,11-12,14H,1-2,6-7H2. The monoisotopic (exact) mass is 210 g/mol. The molecule has 2 unspecified atom stereocenters. The van der Waals surface area contributed by atoms with Crippen molar-refractivity contribution in [2.24, 2.45) is 0 Å². The van der Waals surface area contributed by atoms with Crippen LogP contribution < -0.4 is 0 Å². The number of rotatable bonds is 2. The summed E-state index contributed by atoms with van der Waals surface area (Å²) in [6.45, 7) is 0.692. The highest BCUT2D eigenvalue weighted by atomic mass is 19.1. The number of halogens is 1. The smallest absolute Gasteiger partial charge is 0.123 e. The van der Waals surface area contributed by atoms with E-state index >= 15 is 0 Å². The van der Waals surface area contributed by atoms with Crippen LogP contribution in [-0.4, -0.2) is 17.8 Å². The highest BCUT2D eigenvalue weighted by Crippen LogP contribution is 2.26. The van der Waals surface area contributed by atoms with Crippen molar-refractivity contribution in [2.45, 2.75) is 31.5 Å². The minimum absolute atomic E-state index is 0.180. The summed E-state index contributed by atoms with van der Waals surface area (Å²) in [5.41, 5.74) is 0.599. The molecule has 82 valence electrons. The van der Waals surface area contributed by atoms with Gasteiger partial charge in [0.2, 0.25) is 0 Å². The van der Waals surface area contributed by atoms with Crippen LogP contribution in [0, 0.1) is 5.82 Å². The van der Waals surface area contributed by atoms with Crippen molar-refractivity contribution in [3.05, 3.63) is 35.6 Å². The third-order valence-corrected chi connectivity index (χ3v) is 2.76. The van der Waals surface area contributed by atoms with Crippen LogP contribution in [0.15, 0.2) is 24.3 Å². The average Bonchev–Trinajstić information content (AvgIpc) is 2.29. The first-order valence-corrected chi connectivity index (χ1v) is 5.32. The molecule has 1 aliphatic rings. The minimum atomic E-state index is -0.707. The zero-order valence-electron chi connectivity index (χ0n) is 8.53. The van der Waals surface area contributed by atoms with Gasteiger partial charge in [-0.1, -0.05) is 12.1 Å². The van der Waals surface area contributed by atoms with Crippen LogP contribution in [-0.2, 0) is 4.74 Å². The van der Waals surface area contributed by atoms with Crippen molar-refractivity contribution in [2.75, 3.05) is 6.61 Å². The molecular weight excluding hydrogens is 195 g/mol. The van der Waals surface area contributed by atoms with Crippen molar-refractivity contribution in [3.63, 3.8) is 0 Å². The maximum absolute atomic E-state index is 12.9. The quantitative estimate of drug-likeness (QED) is 0.812. The molecule has 1 fully saturated rings. The predicted octanol–water partition coefficient (Wildman–Crippen LogP) is 2.43. The summed E-state index contributed by atoms with van der Waals surface area (Å²) < 4.78 is 18.4. The van der Waals surface area contributed by atoms with E-state index in [9.17, 15) is 9.50 Å². The van der Waals surface area contributed by atoms with E-state index in [4.69, 9.17) is 4.74 Å². The molecular formula is C12H15FO2. The van der Waals surface area contributed by atoms with E-state index in [0.717, 1.165) is 19.3 Å². The first-order valence-electron chi connectivity index (χ1n) is 5.32. The average molecular weight is 210 g/mol.